The molecule has 0 bridgehead atoms. The first-order valence-electron chi connectivity index (χ1n) is 3.86. The number of primary amides is 1. The van der Waals surface area contributed by atoms with Gasteiger partial charge in [0.25, 0.3) is 0 Å². The van der Waals surface area contributed by atoms with Crippen LogP contribution in [0.5, 0.6) is 0 Å². The maximum absolute atomic E-state index is 10.9. The summed E-state index contributed by atoms with van der Waals surface area (Å²) in [5, 5.41) is 0. The third kappa shape index (κ3) is 6.41. The molecule has 76 valence electrons. The molecule has 0 heterocycles. The Morgan fingerprint density at radius 2 is 2.15 bits per heavy atom. The molecule has 0 saturated carbocycles. The Balaban J connectivity index is 3.55. The highest BCUT2D eigenvalue weighted by molar-refractivity contribution is 8.00. The molecule has 1 atom stereocenters. The molecule has 0 aromatic carbocycles. The van der Waals surface area contributed by atoms with E-state index in [2.05, 4.69) is 4.74 Å². The molecule has 13 heavy (non-hydrogen) atoms. The number of hydrogen-bond acceptors (Lipinski definition) is 5. The van der Waals surface area contributed by atoms with Gasteiger partial charge in [-0.1, -0.05) is 0 Å². The molecule has 0 aliphatic heterocycles. The third-order valence-electron chi connectivity index (χ3n) is 1.13. The molecule has 1 unspecified atom stereocenters. The van der Waals surface area contributed by atoms with E-state index >= 15 is 0 Å². The lowest BCUT2D eigenvalue weighted by Gasteiger charge is -2.08. The monoisotopic (exact) mass is 206 g/mol. The van der Waals surface area contributed by atoms with Crippen molar-refractivity contribution in [3.63, 3.8) is 0 Å². The molecule has 6 heteroatoms. The van der Waals surface area contributed by atoms with Crippen molar-refractivity contribution in [3.8, 4) is 0 Å². The molecule has 0 spiro atoms. The van der Waals surface area contributed by atoms with Gasteiger partial charge in [-0.3, -0.25) is 9.59 Å². The van der Waals surface area contributed by atoms with Crippen LogP contribution in [0.4, 0.5) is 0 Å². The van der Waals surface area contributed by atoms with Gasteiger partial charge in [-0.15, -0.1) is 11.8 Å². The summed E-state index contributed by atoms with van der Waals surface area (Å²) in [5.74, 6) is -0.338. The van der Waals surface area contributed by atoms with Crippen LogP contribution in [0.25, 0.3) is 0 Å². The molecule has 0 aromatic rings. The van der Waals surface area contributed by atoms with Crippen molar-refractivity contribution in [1.29, 1.82) is 0 Å². The highest BCUT2D eigenvalue weighted by Gasteiger charge is 2.14. The van der Waals surface area contributed by atoms with Gasteiger partial charge in [0.15, 0.2) is 0 Å². The van der Waals surface area contributed by atoms with Crippen LogP contribution >= 0.6 is 11.8 Å². The zero-order valence-electron chi connectivity index (χ0n) is 7.49. The summed E-state index contributed by atoms with van der Waals surface area (Å²) in [7, 11) is 0. The van der Waals surface area contributed by atoms with E-state index in [0.29, 0.717) is 12.4 Å². The van der Waals surface area contributed by atoms with Crippen LogP contribution in [0.15, 0.2) is 0 Å². The summed E-state index contributed by atoms with van der Waals surface area (Å²) in [6.45, 7) is 2.02. The number of nitrogens with two attached hydrogens (primary N) is 2. The van der Waals surface area contributed by atoms with Crippen LogP contribution < -0.4 is 11.5 Å². The first-order chi connectivity index (χ1) is 6.07. The molecule has 4 N–H and O–H groups in total. The first kappa shape index (κ1) is 12.2. The summed E-state index contributed by atoms with van der Waals surface area (Å²) in [4.78, 5) is 21.3. The summed E-state index contributed by atoms with van der Waals surface area (Å²) < 4.78 is 4.67. The SMILES string of the molecule is CCOC(=O)C(N)CSCC(N)=O. The van der Waals surface area contributed by atoms with Crippen LogP contribution in [0, 0.1) is 0 Å². The van der Waals surface area contributed by atoms with E-state index < -0.39 is 17.9 Å². The number of esters is 1. The highest BCUT2D eigenvalue weighted by Crippen LogP contribution is 2.01. The smallest absolute Gasteiger partial charge is 0.323 e. The second-order valence-electron chi connectivity index (χ2n) is 2.34. The number of ether oxygens (including phenoxy) is 1. The standard InChI is InChI=1S/C7H14N2O3S/c1-2-12-7(11)5(8)3-13-4-6(9)10/h5H,2-4,8H2,1H3,(H2,9,10). The summed E-state index contributed by atoms with van der Waals surface area (Å²) in [6.07, 6.45) is 0. The molecule has 1 amide bonds. The zero-order valence-corrected chi connectivity index (χ0v) is 8.30. The van der Waals surface area contributed by atoms with Crippen molar-refractivity contribution in [2.45, 2.75) is 13.0 Å². The van der Waals surface area contributed by atoms with E-state index in [0.717, 1.165) is 0 Å². The molecule has 0 aliphatic carbocycles. The number of rotatable bonds is 6. The Kier molecular flexibility index (Phi) is 6.34. The van der Waals surface area contributed by atoms with Gasteiger partial charge in [0.1, 0.15) is 6.04 Å². The zero-order chi connectivity index (χ0) is 10.3. The van der Waals surface area contributed by atoms with Gasteiger partial charge in [0, 0.05) is 5.75 Å². The number of carbonyl (C=O) groups excluding carboxylic acids is 2. The quantitative estimate of drug-likeness (QED) is 0.549. The maximum Gasteiger partial charge on any atom is 0.323 e. The van der Waals surface area contributed by atoms with Gasteiger partial charge >= 0.3 is 5.97 Å². The minimum atomic E-state index is -0.677. The molecular weight excluding hydrogens is 192 g/mol. The van der Waals surface area contributed by atoms with Crippen molar-refractivity contribution >= 4 is 23.6 Å². The van der Waals surface area contributed by atoms with E-state index in [1.165, 1.54) is 11.8 Å². The number of hydrogen-bond donors (Lipinski definition) is 2. The Hall–Kier alpha value is -0.750. The van der Waals surface area contributed by atoms with E-state index in [1.807, 2.05) is 0 Å². The minimum absolute atomic E-state index is 0.174. The molecule has 0 fully saturated rings. The predicted molar refractivity (Wildman–Crippen MR) is 51.1 cm³/mol. The van der Waals surface area contributed by atoms with Gasteiger partial charge in [-0.25, -0.2) is 0 Å². The number of amides is 1. The van der Waals surface area contributed by atoms with Gasteiger partial charge in [0.05, 0.1) is 12.4 Å². The van der Waals surface area contributed by atoms with Crippen LogP contribution in [0.1, 0.15) is 6.92 Å². The van der Waals surface area contributed by atoms with Gasteiger partial charge in [-0.2, -0.15) is 0 Å². The average molecular weight is 206 g/mol. The number of carbonyl (C=O) groups is 2. The molecule has 0 saturated heterocycles. The normalized spacial score (nSPS) is 12.2. The Bertz CT molecular complexity index is 187. The maximum atomic E-state index is 10.9. The fourth-order valence-electron chi connectivity index (χ4n) is 0.604. The molecular formula is C7H14N2O3S. The molecule has 0 aromatic heterocycles. The average Bonchev–Trinajstić information content (AvgIpc) is 2.04. The Labute approximate surface area is 81.2 Å². The topological polar surface area (TPSA) is 95.4 Å². The van der Waals surface area contributed by atoms with Crippen LogP contribution in [0.2, 0.25) is 0 Å². The lowest BCUT2D eigenvalue weighted by atomic mass is 10.4. The van der Waals surface area contributed by atoms with E-state index in [4.69, 9.17) is 11.5 Å². The summed E-state index contributed by atoms with van der Waals surface area (Å²) in [6, 6.07) is -0.677. The lowest BCUT2D eigenvalue weighted by molar-refractivity contribution is -0.144. The first-order valence-corrected chi connectivity index (χ1v) is 5.01. The summed E-state index contributed by atoms with van der Waals surface area (Å²) in [5.41, 5.74) is 10.3. The van der Waals surface area contributed by atoms with Crippen molar-refractivity contribution < 1.29 is 14.3 Å². The highest BCUT2D eigenvalue weighted by atomic mass is 32.2. The largest absolute Gasteiger partial charge is 0.465 e. The number of thioether (sulfide) groups is 1. The van der Waals surface area contributed by atoms with Crippen molar-refractivity contribution in [2.24, 2.45) is 11.5 Å². The Morgan fingerprint density at radius 3 is 2.62 bits per heavy atom. The lowest BCUT2D eigenvalue weighted by Crippen LogP contribution is -2.35. The van der Waals surface area contributed by atoms with Crippen molar-refractivity contribution in [3.05, 3.63) is 0 Å². The van der Waals surface area contributed by atoms with Gasteiger partial charge in [-0.05, 0) is 6.92 Å². The third-order valence-corrected chi connectivity index (χ3v) is 2.21. The van der Waals surface area contributed by atoms with Crippen LogP contribution in [0.3, 0.4) is 0 Å². The van der Waals surface area contributed by atoms with E-state index in [1.54, 1.807) is 6.92 Å². The molecule has 0 rings (SSSR count). The minimum Gasteiger partial charge on any atom is -0.465 e. The van der Waals surface area contributed by atoms with E-state index in [9.17, 15) is 9.59 Å². The van der Waals surface area contributed by atoms with Crippen LogP contribution in [-0.4, -0.2) is 36.0 Å². The fraction of sp³-hybridized carbons (Fsp3) is 0.714. The molecule has 5 nitrogen and oxygen atoms in total. The molecule has 0 aliphatic rings. The van der Waals surface area contributed by atoms with Crippen molar-refractivity contribution in [1.82, 2.24) is 0 Å². The fourth-order valence-corrected chi connectivity index (χ4v) is 1.31. The van der Waals surface area contributed by atoms with Gasteiger partial charge < -0.3 is 16.2 Å². The predicted octanol–water partition coefficient (Wildman–Crippen LogP) is -0.905. The summed E-state index contributed by atoms with van der Waals surface area (Å²) >= 11 is 1.22. The van der Waals surface area contributed by atoms with E-state index in [-0.39, 0.29) is 5.75 Å². The second-order valence-corrected chi connectivity index (χ2v) is 3.37. The molecule has 0 radical (unpaired) electrons. The van der Waals surface area contributed by atoms with Crippen molar-refractivity contribution in [2.75, 3.05) is 18.1 Å². The van der Waals surface area contributed by atoms with Gasteiger partial charge in [0.2, 0.25) is 5.91 Å². The van der Waals surface area contributed by atoms with Crippen LogP contribution in [-0.2, 0) is 14.3 Å². The second kappa shape index (κ2) is 6.73. The Morgan fingerprint density at radius 1 is 1.54 bits per heavy atom.